The SMILES string of the molecule is CCOC(=O)c1cnn(-c2ccccc2)c1NC(=O)C12CC3CC(CC(C3)C1)C2. The molecular weight excluding hydrogens is 366 g/mol. The van der Waals surface area contributed by atoms with Crippen LogP contribution in [0.3, 0.4) is 0 Å². The average molecular weight is 393 g/mol. The number of rotatable bonds is 5. The summed E-state index contributed by atoms with van der Waals surface area (Å²) in [6, 6.07) is 9.55. The molecule has 0 radical (unpaired) electrons. The molecule has 4 bridgehead atoms. The summed E-state index contributed by atoms with van der Waals surface area (Å²) in [6.07, 6.45) is 8.24. The molecule has 4 fully saturated rings. The molecule has 2 aromatic rings. The van der Waals surface area contributed by atoms with E-state index in [1.165, 1.54) is 25.5 Å². The minimum Gasteiger partial charge on any atom is -0.462 e. The number of aromatic nitrogens is 2. The number of amides is 1. The number of esters is 1. The van der Waals surface area contributed by atoms with Crippen LogP contribution in [0.1, 0.15) is 55.8 Å². The largest absolute Gasteiger partial charge is 0.462 e. The summed E-state index contributed by atoms with van der Waals surface area (Å²) < 4.78 is 6.83. The Morgan fingerprint density at radius 3 is 2.31 bits per heavy atom. The summed E-state index contributed by atoms with van der Waals surface area (Å²) in [5, 5.41) is 7.50. The molecule has 4 aliphatic rings. The summed E-state index contributed by atoms with van der Waals surface area (Å²) in [5.74, 6) is 2.02. The van der Waals surface area contributed by atoms with Crippen LogP contribution in [0.15, 0.2) is 36.5 Å². The molecule has 6 heteroatoms. The third kappa shape index (κ3) is 3.15. The summed E-state index contributed by atoms with van der Waals surface area (Å²) in [7, 11) is 0. The molecule has 152 valence electrons. The van der Waals surface area contributed by atoms with Crippen molar-refractivity contribution in [3.8, 4) is 5.69 Å². The molecular formula is C23H27N3O3. The average Bonchev–Trinajstić information content (AvgIpc) is 3.11. The van der Waals surface area contributed by atoms with Gasteiger partial charge in [0.25, 0.3) is 0 Å². The predicted molar refractivity (Wildman–Crippen MR) is 109 cm³/mol. The number of benzene rings is 1. The lowest BCUT2D eigenvalue weighted by Crippen LogP contribution is -2.52. The summed E-state index contributed by atoms with van der Waals surface area (Å²) in [5.41, 5.74) is 0.796. The second-order valence-corrected chi connectivity index (χ2v) is 9.03. The first kappa shape index (κ1) is 18.4. The fraction of sp³-hybridized carbons (Fsp3) is 0.522. The highest BCUT2D eigenvalue weighted by molar-refractivity contribution is 6.02. The fourth-order valence-electron chi connectivity index (χ4n) is 6.22. The van der Waals surface area contributed by atoms with Gasteiger partial charge in [0, 0.05) is 0 Å². The Kier molecular flexibility index (Phi) is 4.45. The molecule has 1 N–H and O–H groups in total. The maximum Gasteiger partial charge on any atom is 0.343 e. The van der Waals surface area contributed by atoms with E-state index in [2.05, 4.69) is 10.4 Å². The minimum atomic E-state index is -0.463. The smallest absolute Gasteiger partial charge is 0.343 e. The van der Waals surface area contributed by atoms with E-state index in [0.29, 0.717) is 29.1 Å². The second kappa shape index (κ2) is 7.01. The molecule has 0 aliphatic heterocycles. The van der Waals surface area contributed by atoms with Crippen LogP contribution >= 0.6 is 0 Å². The van der Waals surface area contributed by atoms with E-state index < -0.39 is 5.97 Å². The molecule has 6 nitrogen and oxygen atoms in total. The van der Waals surface area contributed by atoms with Crippen LogP contribution in [-0.2, 0) is 9.53 Å². The number of ether oxygens (including phenoxy) is 1. The number of anilines is 1. The van der Waals surface area contributed by atoms with Crippen molar-refractivity contribution in [3.05, 3.63) is 42.1 Å². The Bertz CT molecular complexity index is 899. The van der Waals surface area contributed by atoms with Gasteiger partial charge in [-0.3, -0.25) is 4.79 Å². The molecule has 4 saturated carbocycles. The fourth-order valence-corrected chi connectivity index (χ4v) is 6.22. The van der Waals surface area contributed by atoms with Crippen LogP contribution in [-0.4, -0.2) is 28.3 Å². The van der Waals surface area contributed by atoms with Crippen molar-refractivity contribution < 1.29 is 14.3 Å². The number of carbonyl (C=O) groups is 2. The van der Waals surface area contributed by atoms with Gasteiger partial charge in [0.1, 0.15) is 5.56 Å². The minimum absolute atomic E-state index is 0.0415. The van der Waals surface area contributed by atoms with Crippen molar-refractivity contribution in [1.82, 2.24) is 9.78 Å². The third-order valence-electron chi connectivity index (χ3n) is 7.02. The number of para-hydroxylation sites is 1. The Morgan fingerprint density at radius 1 is 1.10 bits per heavy atom. The molecule has 0 atom stereocenters. The van der Waals surface area contributed by atoms with E-state index in [0.717, 1.165) is 24.9 Å². The van der Waals surface area contributed by atoms with Crippen molar-refractivity contribution in [3.63, 3.8) is 0 Å². The van der Waals surface area contributed by atoms with Gasteiger partial charge in [-0.2, -0.15) is 5.10 Å². The maximum atomic E-state index is 13.6. The molecule has 6 rings (SSSR count). The van der Waals surface area contributed by atoms with Crippen LogP contribution in [0.25, 0.3) is 5.69 Å². The predicted octanol–water partition coefficient (Wildman–Crippen LogP) is 4.20. The number of carbonyl (C=O) groups excluding carboxylic acids is 2. The van der Waals surface area contributed by atoms with Crippen molar-refractivity contribution in [2.45, 2.75) is 45.4 Å². The van der Waals surface area contributed by atoms with Crippen molar-refractivity contribution in [1.29, 1.82) is 0 Å². The lowest BCUT2D eigenvalue weighted by molar-refractivity contribution is -0.140. The normalized spacial score (nSPS) is 29.6. The molecule has 0 spiro atoms. The number of hydrogen-bond donors (Lipinski definition) is 1. The van der Waals surface area contributed by atoms with Crippen molar-refractivity contribution >= 4 is 17.7 Å². The maximum absolute atomic E-state index is 13.6. The summed E-state index contributed by atoms with van der Waals surface area (Å²) >= 11 is 0. The molecule has 0 unspecified atom stereocenters. The Hall–Kier alpha value is -2.63. The highest BCUT2D eigenvalue weighted by atomic mass is 16.5. The Balaban J connectivity index is 1.49. The molecule has 1 amide bonds. The first-order chi connectivity index (χ1) is 14.1. The zero-order valence-electron chi connectivity index (χ0n) is 16.8. The van der Waals surface area contributed by atoms with E-state index in [9.17, 15) is 9.59 Å². The molecule has 1 aromatic heterocycles. The quantitative estimate of drug-likeness (QED) is 0.773. The molecule has 1 aromatic carbocycles. The van der Waals surface area contributed by atoms with Gasteiger partial charge in [0.2, 0.25) is 5.91 Å². The van der Waals surface area contributed by atoms with Gasteiger partial charge in [-0.05, 0) is 75.3 Å². The Morgan fingerprint density at radius 2 is 1.72 bits per heavy atom. The Labute approximate surface area is 170 Å². The second-order valence-electron chi connectivity index (χ2n) is 9.03. The van der Waals surface area contributed by atoms with Gasteiger partial charge in [0.05, 0.1) is 23.9 Å². The lowest BCUT2D eigenvalue weighted by atomic mass is 9.49. The van der Waals surface area contributed by atoms with E-state index in [1.807, 2.05) is 30.3 Å². The monoisotopic (exact) mass is 393 g/mol. The van der Waals surface area contributed by atoms with Crippen molar-refractivity contribution in [2.24, 2.45) is 23.2 Å². The first-order valence-electron chi connectivity index (χ1n) is 10.7. The number of hydrogen-bond acceptors (Lipinski definition) is 4. The van der Waals surface area contributed by atoms with E-state index in [1.54, 1.807) is 11.6 Å². The standard InChI is InChI=1S/C23H27N3O3/c1-2-29-21(27)19-14-24-26(18-6-4-3-5-7-18)20(19)25-22(28)23-11-15-8-16(12-23)10-17(9-15)13-23/h3-7,14-17H,2,8-13H2,1H3,(H,25,28). The van der Waals surface area contributed by atoms with Crippen LogP contribution < -0.4 is 5.32 Å². The van der Waals surface area contributed by atoms with Gasteiger partial charge in [0.15, 0.2) is 5.82 Å². The van der Waals surface area contributed by atoms with Gasteiger partial charge in [-0.25, -0.2) is 9.48 Å². The zero-order valence-corrected chi connectivity index (χ0v) is 16.8. The molecule has 1 heterocycles. The van der Waals surface area contributed by atoms with Crippen LogP contribution in [0.2, 0.25) is 0 Å². The van der Waals surface area contributed by atoms with Crippen LogP contribution in [0.5, 0.6) is 0 Å². The highest BCUT2D eigenvalue weighted by Crippen LogP contribution is 2.60. The van der Waals surface area contributed by atoms with E-state index >= 15 is 0 Å². The van der Waals surface area contributed by atoms with Crippen molar-refractivity contribution in [2.75, 3.05) is 11.9 Å². The van der Waals surface area contributed by atoms with Gasteiger partial charge in [-0.15, -0.1) is 0 Å². The number of nitrogens with zero attached hydrogens (tertiary/aromatic N) is 2. The summed E-state index contributed by atoms with van der Waals surface area (Å²) in [6.45, 7) is 2.05. The van der Waals surface area contributed by atoms with E-state index in [-0.39, 0.29) is 17.9 Å². The van der Waals surface area contributed by atoms with E-state index in [4.69, 9.17) is 4.74 Å². The molecule has 0 saturated heterocycles. The number of nitrogens with one attached hydrogen (secondary N) is 1. The van der Waals surface area contributed by atoms with Gasteiger partial charge < -0.3 is 10.1 Å². The lowest BCUT2D eigenvalue weighted by Gasteiger charge is -2.55. The molecule has 4 aliphatic carbocycles. The highest BCUT2D eigenvalue weighted by Gasteiger charge is 2.54. The van der Waals surface area contributed by atoms with Crippen LogP contribution in [0.4, 0.5) is 5.82 Å². The zero-order chi connectivity index (χ0) is 20.0. The topological polar surface area (TPSA) is 73.2 Å². The summed E-state index contributed by atoms with van der Waals surface area (Å²) in [4.78, 5) is 26.1. The molecule has 29 heavy (non-hydrogen) atoms. The third-order valence-corrected chi connectivity index (χ3v) is 7.02. The first-order valence-corrected chi connectivity index (χ1v) is 10.7. The van der Waals surface area contributed by atoms with Gasteiger partial charge in [-0.1, -0.05) is 18.2 Å². The van der Waals surface area contributed by atoms with Crippen LogP contribution in [0, 0.1) is 23.2 Å². The van der Waals surface area contributed by atoms with Gasteiger partial charge >= 0.3 is 5.97 Å².